The number of hydrogen-bond donors (Lipinski definition) is 0. The van der Waals surface area contributed by atoms with E-state index < -0.39 is 0 Å². The molecule has 4 nitrogen and oxygen atoms in total. The standard InChI is InChI=1S/C10H10BrN3O/c1-13-5-8(4-12-13)6-14-7-9(11)2-3-10(14)15/h2-5,7H,6H2,1H3. The summed E-state index contributed by atoms with van der Waals surface area (Å²) in [5, 5.41) is 4.05. The van der Waals surface area contributed by atoms with E-state index in [0.29, 0.717) is 6.54 Å². The first-order chi connectivity index (χ1) is 7.15. The average Bonchev–Trinajstić information content (AvgIpc) is 2.58. The highest BCUT2D eigenvalue weighted by Gasteiger charge is 2.00. The Morgan fingerprint density at radius 3 is 2.87 bits per heavy atom. The van der Waals surface area contributed by atoms with Crippen molar-refractivity contribution in [1.29, 1.82) is 0 Å². The Kier molecular flexibility index (Phi) is 2.73. The molecule has 0 saturated heterocycles. The van der Waals surface area contributed by atoms with Gasteiger partial charge in [0, 0.05) is 35.5 Å². The van der Waals surface area contributed by atoms with Gasteiger partial charge in [0.15, 0.2) is 0 Å². The fourth-order valence-corrected chi connectivity index (χ4v) is 1.76. The summed E-state index contributed by atoms with van der Waals surface area (Å²) >= 11 is 3.33. The Morgan fingerprint density at radius 1 is 1.40 bits per heavy atom. The maximum atomic E-state index is 11.5. The van der Waals surface area contributed by atoms with Crippen molar-refractivity contribution in [3.8, 4) is 0 Å². The second-order valence-electron chi connectivity index (χ2n) is 3.34. The zero-order valence-corrected chi connectivity index (χ0v) is 9.81. The SMILES string of the molecule is Cn1cc(Cn2cc(Br)ccc2=O)cn1. The van der Waals surface area contributed by atoms with E-state index in [0.717, 1.165) is 10.0 Å². The van der Waals surface area contributed by atoms with Gasteiger partial charge in [-0.1, -0.05) is 0 Å². The van der Waals surface area contributed by atoms with E-state index in [2.05, 4.69) is 21.0 Å². The molecule has 0 aromatic carbocycles. The summed E-state index contributed by atoms with van der Waals surface area (Å²) in [6, 6.07) is 3.28. The van der Waals surface area contributed by atoms with E-state index >= 15 is 0 Å². The number of hydrogen-bond acceptors (Lipinski definition) is 2. The Morgan fingerprint density at radius 2 is 2.20 bits per heavy atom. The molecule has 5 heteroatoms. The normalized spacial score (nSPS) is 10.5. The van der Waals surface area contributed by atoms with Gasteiger partial charge in [-0.15, -0.1) is 0 Å². The Labute approximate surface area is 95.3 Å². The Balaban J connectivity index is 2.31. The monoisotopic (exact) mass is 267 g/mol. The van der Waals surface area contributed by atoms with Gasteiger partial charge in [-0.25, -0.2) is 0 Å². The molecule has 0 spiro atoms. The average molecular weight is 268 g/mol. The number of pyridine rings is 1. The number of aromatic nitrogens is 3. The summed E-state index contributed by atoms with van der Waals surface area (Å²) in [6.07, 6.45) is 5.43. The van der Waals surface area contributed by atoms with Gasteiger partial charge in [0.1, 0.15) is 0 Å². The molecule has 0 amide bonds. The minimum Gasteiger partial charge on any atom is -0.310 e. The van der Waals surface area contributed by atoms with Crippen molar-refractivity contribution in [1.82, 2.24) is 14.3 Å². The Hall–Kier alpha value is -1.36. The molecule has 0 saturated carbocycles. The van der Waals surface area contributed by atoms with Crippen molar-refractivity contribution in [2.24, 2.45) is 7.05 Å². The van der Waals surface area contributed by atoms with Crippen molar-refractivity contribution >= 4 is 15.9 Å². The van der Waals surface area contributed by atoms with E-state index in [-0.39, 0.29) is 5.56 Å². The summed E-state index contributed by atoms with van der Waals surface area (Å²) in [5.74, 6) is 0. The number of halogens is 1. The lowest BCUT2D eigenvalue weighted by Crippen LogP contribution is -2.18. The van der Waals surface area contributed by atoms with Crippen LogP contribution in [0.2, 0.25) is 0 Å². The van der Waals surface area contributed by atoms with Crippen molar-refractivity contribution in [3.05, 3.63) is 51.1 Å². The van der Waals surface area contributed by atoms with Gasteiger partial charge in [0.25, 0.3) is 5.56 Å². The minimum atomic E-state index is -0.0120. The Bertz CT molecular complexity index is 529. The highest BCUT2D eigenvalue weighted by Crippen LogP contribution is 2.06. The first kappa shape index (κ1) is 10.2. The number of aryl methyl sites for hydroxylation is 1. The second-order valence-corrected chi connectivity index (χ2v) is 4.25. The van der Waals surface area contributed by atoms with Gasteiger partial charge in [0.05, 0.1) is 12.7 Å². The molecule has 0 fully saturated rings. The van der Waals surface area contributed by atoms with Crippen LogP contribution in [0.3, 0.4) is 0 Å². The van der Waals surface area contributed by atoms with Crippen molar-refractivity contribution < 1.29 is 0 Å². The van der Waals surface area contributed by atoms with Crippen LogP contribution in [0.5, 0.6) is 0 Å². The van der Waals surface area contributed by atoms with Gasteiger partial charge < -0.3 is 4.57 Å². The zero-order valence-electron chi connectivity index (χ0n) is 8.22. The summed E-state index contributed by atoms with van der Waals surface area (Å²) in [6.45, 7) is 0.548. The summed E-state index contributed by atoms with van der Waals surface area (Å²) in [4.78, 5) is 11.5. The van der Waals surface area contributed by atoms with Crippen molar-refractivity contribution in [3.63, 3.8) is 0 Å². The maximum Gasteiger partial charge on any atom is 0.250 e. The fourth-order valence-electron chi connectivity index (χ4n) is 1.38. The van der Waals surface area contributed by atoms with E-state index in [9.17, 15) is 4.79 Å². The molecule has 15 heavy (non-hydrogen) atoms. The molecule has 0 radical (unpaired) electrons. The number of nitrogens with zero attached hydrogens (tertiary/aromatic N) is 3. The van der Waals surface area contributed by atoms with Crippen molar-refractivity contribution in [2.45, 2.75) is 6.54 Å². The summed E-state index contributed by atoms with van der Waals surface area (Å²) in [7, 11) is 1.85. The molecule has 0 N–H and O–H groups in total. The molecule has 78 valence electrons. The molecule has 2 heterocycles. The predicted octanol–water partition coefficient (Wildman–Crippen LogP) is 1.39. The third-order valence-corrected chi connectivity index (χ3v) is 2.53. The van der Waals surface area contributed by atoms with E-state index in [1.807, 2.05) is 13.2 Å². The molecule has 2 aromatic rings. The molecule has 0 unspecified atom stereocenters. The fraction of sp³-hybridized carbons (Fsp3) is 0.200. The molecule has 2 rings (SSSR count). The van der Waals surface area contributed by atoms with Crippen LogP contribution in [0, 0.1) is 0 Å². The summed E-state index contributed by atoms with van der Waals surface area (Å²) < 4.78 is 4.26. The van der Waals surface area contributed by atoms with Crippen LogP contribution in [0.15, 0.2) is 40.0 Å². The van der Waals surface area contributed by atoms with Crippen LogP contribution in [0.25, 0.3) is 0 Å². The van der Waals surface area contributed by atoms with Gasteiger partial charge in [-0.3, -0.25) is 9.48 Å². The molecule has 0 aliphatic heterocycles. The minimum absolute atomic E-state index is 0.0120. The largest absolute Gasteiger partial charge is 0.310 e. The smallest absolute Gasteiger partial charge is 0.250 e. The number of rotatable bonds is 2. The van der Waals surface area contributed by atoms with Crippen LogP contribution in [-0.4, -0.2) is 14.3 Å². The second kappa shape index (κ2) is 4.02. The van der Waals surface area contributed by atoms with Gasteiger partial charge in [-0.05, 0) is 22.0 Å². The molecule has 0 bridgehead atoms. The van der Waals surface area contributed by atoms with Crippen LogP contribution in [0.1, 0.15) is 5.56 Å². The highest BCUT2D eigenvalue weighted by molar-refractivity contribution is 9.10. The van der Waals surface area contributed by atoms with Crippen molar-refractivity contribution in [2.75, 3.05) is 0 Å². The highest BCUT2D eigenvalue weighted by atomic mass is 79.9. The quantitative estimate of drug-likeness (QED) is 0.825. The predicted molar refractivity (Wildman–Crippen MR) is 60.7 cm³/mol. The molecule has 0 aliphatic rings. The van der Waals surface area contributed by atoms with Crippen LogP contribution < -0.4 is 5.56 Å². The van der Waals surface area contributed by atoms with Crippen LogP contribution >= 0.6 is 15.9 Å². The zero-order chi connectivity index (χ0) is 10.8. The maximum absolute atomic E-state index is 11.5. The molecule has 0 aliphatic carbocycles. The lowest BCUT2D eigenvalue weighted by atomic mass is 10.3. The summed E-state index contributed by atoms with van der Waals surface area (Å²) in [5.41, 5.74) is 1.000. The lowest BCUT2D eigenvalue weighted by molar-refractivity contribution is 0.747. The molecular weight excluding hydrogens is 258 g/mol. The van der Waals surface area contributed by atoms with Gasteiger partial charge >= 0.3 is 0 Å². The molecule has 2 aromatic heterocycles. The third-order valence-electron chi connectivity index (χ3n) is 2.06. The van der Waals surface area contributed by atoms with E-state index in [1.165, 1.54) is 0 Å². The first-order valence-corrected chi connectivity index (χ1v) is 5.28. The van der Waals surface area contributed by atoms with E-state index in [1.54, 1.807) is 33.8 Å². The van der Waals surface area contributed by atoms with Crippen LogP contribution in [-0.2, 0) is 13.6 Å². The molecule has 0 atom stereocenters. The van der Waals surface area contributed by atoms with Gasteiger partial charge in [-0.2, -0.15) is 5.10 Å². The van der Waals surface area contributed by atoms with Gasteiger partial charge in [0.2, 0.25) is 0 Å². The topological polar surface area (TPSA) is 39.8 Å². The first-order valence-electron chi connectivity index (χ1n) is 4.49. The van der Waals surface area contributed by atoms with Crippen LogP contribution in [0.4, 0.5) is 0 Å². The van der Waals surface area contributed by atoms with E-state index in [4.69, 9.17) is 0 Å². The molecular formula is C10H10BrN3O. The third kappa shape index (κ3) is 2.36. The lowest BCUT2D eigenvalue weighted by Gasteiger charge is -2.03.